The minimum atomic E-state index is -0.434. The van der Waals surface area contributed by atoms with E-state index in [9.17, 15) is 4.39 Å². The van der Waals surface area contributed by atoms with Crippen LogP contribution in [0.15, 0.2) is 85.5 Å². The van der Waals surface area contributed by atoms with Gasteiger partial charge in [0.05, 0.1) is 11.6 Å². The summed E-state index contributed by atoms with van der Waals surface area (Å²) in [5, 5.41) is 10.3. The summed E-state index contributed by atoms with van der Waals surface area (Å²) >= 11 is 0. The van der Waals surface area contributed by atoms with Gasteiger partial charge in [-0.2, -0.15) is 5.26 Å². The molecule has 0 spiro atoms. The van der Waals surface area contributed by atoms with Gasteiger partial charge >= 0.3 is 0 Å². The predicted molar refractivity (Wildman–Crippen MR) is 118 cm³/mol. The smallest absolute Gasteiger partial charge is 0.138 e. The van der Waals surface area contributed by atoms with Gasteiger partial charge in [-0.1, -0.05) is 60.7 Å². The van der Waals surface area contributed by atoms with Crippen LogP contribution in [0, 0.1) is 23.0 Å². The van der Waals surface area contributed by atoms with Crippen molar-refractivity contribution in [2.75, 3.05) is 0 Å². The van der Waals surface area contributed by atoms with Crippen molar-refractivity contribution in [1.82, 2.24) is 0 Å². The second-order valence-corrected chi connectivity index (χ2v) is 7.19. The van der Waals surface area contributed by atoms with E-state index in [-0.39, 0.29) is 5.82 Å². The van der Waals surface area contributed by atoms with Crippen LogP contribution in [0.5, 0.6) is 0 Å². The molecular weight excluding hydrogens is 376 g/mol. The van der Waals surface area contributed by atoms with E-state index in [0.29, 0.717) is 33.2 Å². The first-order valence-electron chi connectivity index (χ1n) is 9.73. The summed E-state index contributed by atoms with van der Waals surface area (Å²) in [5.41, 5.74) is 3.58. The van der Waals surface area contributed by atoms with Crippen LogP contribution in [-0.4, -0.2) is 0 Å². The molecule has 0 aliphatic carbocycles. The lowest BCUT2D eigenvalue weighted by Gasteiger charge is -2.10. The number of hydrogen-bond donors (Lipinski definition) is 0. The molecule has 0 aliphatic rings. The first kappa shape index (κ1) is 19.5. The third kappa shape index (κ3) is 3.73. The van der Waals surface area contributed by atoms with Crippen molar-refractivity contribution in [2.24, 2.45) is 0 Å². The zero-order chi connectivity index (χ0) is 21.1. The summed E-state index contributed by atoms with van der Waals surface area (Å²) < 4.78 is 30.0. The maximum absolute atomic E-state index is 15.2. The van der Waals surface area contributed by atoms with Gasteiger partial charge < -0.3 is 0 Å². The number of nitriles is 1. The highest BCUT2D eigenvalue weighted by atomic mass is 19.1. The topological polar surface area (TPSA) is 23.8 Å². The minimum Gasteiger partial charge on any atom is -0.206 e. The zero-order valence-corrected chi connectivity index (χ0v) is 16.3. The first-order chi connectivity index (χ1) is 14.6. The Balaban J connectivity index is 1.71. The normalized spacial score (nSPS) is 10.7. The van der Waals surface area contributed by atoms with E-state index < -0.39 is 5.82 Å². The lowest BCUT2D eigenvalue weighted by Crippen LogP contribution is -1.91. The van der Waals surface area contributed by atoms with Crippen LogP contribution in [0.25, 0.3) is 33.0 Å². The third-order valence-electron chi connectivity index (χ3n) is 5.26. The lowest BCUT2D eigenvalue weighted by molar-refractivity contribution is 0.630. The van der Waals surface area contributed by atoms with Gasteiger partial charge in [0.2, 0.25) is 0 Å². The van der Waals surface area contributed by atoms with Crippen LogP contribution >= 0.6 is 0 Å². The van der Waals surface area contributed by atoms with E-state index in [4.69, 9.17) is 5.26 Å². The summed E-state index contributed by atoms with van der Waals surface area (Å²) in [6, 6.07) is 22.7. The molecule has 0 atom stereocenters. The maximum Gasteiger partial charge on any atom is 0.138 e. The van der Waals surface area contributed by atoms with Crippen LogP contribution in [0.3, 0.4) is 0 Å². The Morgan fingerprint density at radius 2 is 1.57 bits per heavy atom. The molecule has 0 saturated carbocycles. The number of aryl methyl sites for hydroxylation is 1. The number of halogens is 2. The van der Waals surface area contributed by atoms with Gasteiger partial charge in [0.25, 0.3) is 0 Å². The van der Waals surface area contributed by atoms with Gasteiger partial charge in [0.1, 0.15) is 11.6 Å². The van der Waals surface area contributed by atoms with Crippen molar-refractivity contribution < 1.29 is 8.78 Å². The zero-order valence-electron chi connectivity index (χ0n) is 16.3. The molecule has 4 rings (SSSR count). The summed E-state index contributed by atoms with van der Waals surface area (Å²) in [7, 11) is 0. The van der Waals surface area contributed by atoms with E-state index in [2.05, 4.69) is 6.58 Å². The average molecular weight is 395 g/mol. The predicted octanol–water partition coefficient (Wildman–Crippen LogP) is 7.44. The molecule has 0 N–H and O–H groups in total. The van der Waals surface area contributed by atoms with E-state index in [1.807, 2.05) is 30.3 Å². The summed E-state index contributed by atoms with van der Waals surface area (Å²) in [5.74, 6) is -0.787. The monoisotopic (exact) mass is 395 g/mol. The lowest BCUT2D eigenvalue weighted by atomic mass is 9.96. The standard InChI is InChI=1S/C27H19F2N/c1-2-3-4-18-7-12-24-21(15-18)11-14-25(27(24)29)22-10-13-23(26(28)16-22)20-8-5-19(17-30)6-9-20/h2,5-16H,1,3-4H2. The van der Waals surface area contributed by atoms with E-state index in [0.717, 1.165) is 23.8 Å². The van der Waals surface area contributed by atoms with Crippen LogP contribution in [-0.2, 0) is 6.42 Å². The molecule has 30 heavy (non-hydrogen) atoms. The Kier molecular flexibility index (Phi) is 5.41. The van der Waals surface area contributed by atoms with Crippen LogP contribution in [0.1, 0.15) is 17.5 Å². The van der Waals surface area contributed by atoms with E-state index in [1.54, 1.807) is 48.5 Å². The Morgan fingerprint density at radius 3 is 2.27 bits per heavy atom. The number of rotatable bonds is 5. The van der Waals surface area contributed by atoms with Gasteiger partial charge in [0, 0.05) is 16.5 Å². The molecule has 0 aliphatic heterocycles. The van der Waals surface area contributed by atoms with Gasteiger partial charge in [0.15, 0.2) is 0 Å². The molecule has 4 aromatic rings. The van der Waals surface area contributed by atoms with Crippen LogP contribution in [0.2, 0.25) is 0 Å². The minimum absolute atomic E-state index is 0.353. The summed E-state index contributed by atoms with van der Waals surface area (Å²) in [4.78, 5) is 0. The molecule has 1 nitrogen and oxygen atoms in total. The second kappa shape index (κ2) is 8.31. The van der Waals surface area contributed by atoms with Crippen molar-refractivity contribution >= 4 is 10.8 Å². The molecule has 0 bridgehead atoms. The Hall–Kier alpha value is -3.77. The van der Waals surface area contributed by atoms with Crippen LogP contribution in [0.4, 0.5) is 8.78 Å². The second-order valence-electron chi connectivity index (χ2n) is 7.19. The summed E-state index contributed by atoms with van der Waals surface area (Å²) in [6.45, 7) is 3.73. The number of hydrogen-bond acceptors (Lipinski definition) is 1. The highest BCUT2D eigenvalue weighted by molar-refractivity contribution is 5.89. The van der Waals surface area contributed by atoms with E-state index in [1.165, 1.54) is 6.07 Å². The molecule has 146 valence electrons. The van der Waals surface area contributed by atoms with Gasteiger partial charge in [-0.25, -0.2) is 8.78 Å². The van der Waals surface area contributed by atoms with Crippen molar-refractivity contribution in [1.29, 1.82) is 5.26 Å². The third-order valence-corrected chi connectivity index (χ3v) is 5.26. The molecule has 3 heteroatoms. The SMILES string of the molecule is C=CCCc1ccc2c(F)c(-c3ccc(-c4ccc(C#N)cc4)c(F)c3)ccc2c1. The largest absolute Gasteiger partial charge is 0.206 e. The molecule has 0 unspecified atom stereocenters. The van der Waals surface area contributed by atoms with Crippen LogP contribution < -0.4 is 0 Å². The molecule has 0 saturated heterocycles. The Bertz CT molecular complexity index is 1280. The highest BCUT2D eigenvalue weighted by Gasteiger charge is 2.13. The maximum atomic E-state index is 15.2. The molecule has 0 heterocycles. The first-order valence-corrected chi connectivity index (χ1v) is 9.73. The van der Waals surface area contributed by atoms with Crippen molar-refractivity contribution in [2.45, 2.75) is 12.8 Å². The quantitative estimate of drug-likeness (QED) is 0.322. The van der Waals surface area contributed by atoms with E-state index >= 15 is 4.39 Å². The molecule has 0 fully saturated rings. The molecular formula is C27H19F2N. The molecule has 4 aromatic carbocycles. The molecule has 0 radical (unpaired) electrons. The Morgan fingerprint density at radius 1 is 0.833 bits per heavy atom. The number of allylic oxidation sites excluding steroid dienone is 1. The van der Waals surface area contributed by atoms with Crippen molar-refractivity contribution in [3.8, 4) is 28.3 Å². The van der Waals surface area contributed by atoms with Crippen molar-refractivity contribution in [3.05, 3.63) is 108 Å². The number of fused-ring (bicyclic) bond motifs is 1. The summed E-state index contributed by atoms with van der Waals surface area (Å²) in [6.07, 6.45) is 3.60. The van der Waals surface area contributed by atoms with Gasteiger partial charge in [-0.15, -0.1) is 6.58 Å². The van der Waals surface area contributed by atoms with Gasteiger partial charge in [-0.3, -0.25) is 0 Å². The number of benzene rings is 4. The Labute approximate surface area is 174 Å². The fourth-order valence-electron chi connectivity index (χ4n) is 3.63. The number of nitrogens with zero attached hydrogens (tertiary/aromatic N) is 1. The fraction of sp³-hybridized carbons (Fsp3) is 0.0741. The molecule has 0 amide bonds. The van der Waals surface area contributed by atoms with Crippen molar-refractivity contribution in [3.63, 3.8) is 0 Å². The van der Waals surface area contributed by atoms with Gasteiger partial charge in [-0.05, 0) is 53.1 Å². The fourth-order valence-corrected chi connectivity index (χ4v) is 3.63. The average Bonchev–Trinajstić information content (AvgIpc) is 2.78. The highest BCUT2D eigenvalue weighted by Crippen LogP contribution is 2.33. The molecule has 0 aromatic heterocycles.